The van der Waals surface area contributed by atoms with E-state index in [-0.39, 0.29) is 5.82 Å². The summed E-state index contributed by atoms with van der Waals surface area (Å²) < 4.78 is 19.2. The van der Waals surface area contributed by atoms with Gasteiger partial charge >= 0.3 is 0 Å². The van der Waals surface area contributed by atoms with Crippen LogP contribution in [0.2, 0.25) is 0 Å². The van der Waals surface area contributed by atoms with Crippen LogP contribution in [-0.2, 0) is 0 Å². The summed E-state index contributed by atoms with van der Waals surface area (Å²) in [6.07, 6.45) is 5.29. The maximum absolute atomic E-state index is 15.7. The summed E-state index contributed by atoms with van der Waals surface area (Å²) in [5.41, 5.74) is 4.50. The van der Waals surface area contributed by atoms with Gasteiger partial charge < -0.3 is 4.57 Å². The minimum atomic E-state index is -0.342. The number of benzene rings is 3. The molecule has 0 fully saturated rings. The zero-order valence-electron chi connectivity index (χ0n) is 16.1. The molecule has 0 saturated heterocycles. The summed E-state index contributed by atoms with van der Waals surface area (Å²) in [5, 5.41) is 14.5. The zero-order valence-corrected chi connectivity index (χ0v) is 16.1. The van der Waals surface area contributed by atoms with Gasteiger partial charge in [0.25, 0.3) is 0 Å². The van der Waals surface area contributed by atoms with Gasteiger partial charge in [-0.25, -0.2) is 14.1 Å². The number of hydrogen-bond donors (Lipinski definition) is 0. The van der Waals surface area contributed by atoms with Crippen molar-refractivity contribution in [1.82, 2.24) is 19.3 Å². The Morgan fingerprint density at radius 2 is 1.83 bits per heavy atom. The first-order chi connectivity index (χ1) is 14.7. The summed E-state index contributed by atoms with van der Waals surface area (Å²) in [5.74, 6) is -0.342. The number of nitriles is 1. The number of imidazole rings is 1. The molecule has 0 N–H and O–H groups in total. The number of fused-ring (bicyclic) bond motifs is 1. The molecule has 0 unspecified atom stereocenters. The van der Waals surface area contributed by atoms with Crippen LogP contribution in [0.15, 0.2) is 79.4 Å². The molecule has 0 aliphatic heterocycles. The second-order valence-electron chi connectivity index (χ2n) is 7.00. The Morgan fingerprint density at radius 3 is 2.57 bits per heavy atom. The molecule has 0 spiro atoms. The van der Waals surface area contributed by atoms with Crippen LogP contribution in [0.1, 0.15) is 11.3 Å². The van der Waals surface area contributed by atoms with Gasteiger partial charge in [0.05, 0.1) is 29.3 Å². The molecule has 0 aliphatic carbocycles. The van der Waals surface area contributed by atoms with Gasteiger partial charge in [0.15, 0.2) is 5.82 Å². The van der Waals surface area contributed by atoms with Crippen molar-refractivity contribution >= 4 is 10.9 Å². The molecule has 2 aromatic heterocycles. The van der Waals surface area contributed by atoms with E-state index < -0.39 is 0 Å². The molecule has 0 atom stereocenters. The van der Waals surface area contributed by atoms with Crippen molar-refractivity contribution in [3.8, 4) is 28.6 Å². The van der Waals surface area contributed by atoms with Crippen LogP contribution < -0.4 is 0 Å². The lowest BCUT2D eigenvalue weighted by molar-refractivity contribution is 0.635. The van der Waals surface area contributed by atoms with E-state index in [1.165, 1.54) is 0 Å². The quantitative estimate of drug-likeness (QED) is 0.423. The maximum Gasteiger partial charge on any atom is 0.157 e. The molecule has 0 aliphatic rings. The third-order valence-electron chi connectivity index (χ3n) is 5.17. The van der Waals surface area contributed by atoms with Crippen LogP contribution in [0, 0.1) is 24.1 Å². The summed E-state index contributed by atoms with van der Waals surface area (Å²) in [4.78, 5) is 4.05. The van der Waals surface area contributed by atoms with Gasteiger partial charge in [-0.2, -0.15) is 10.4 Å². The Hall–Kier alpha value is -4.24. The largest absolute Gasteiger partial charge is 0.306 e. The standard InChI is InChI=1S/C24H16FN5/c1-16-21-9-10-22(18-5-7-19(8-6-18)29-12-11-27-15-29)23(25)24(21)30(28-16)20-4-2-3-17(13-20)14-26/h2-13,15H,1H3. The highest BCUT2D eigenvalue weighted by atomic mass is 19.1. The van der Waals surface area contributed by atoms with E-state index >= 15 is 4.39 Å². The van der Waals surface area contributed by atoms with E-state index in [4.69, 9.17) is 0 Å². The Bertz CT molecular complexity index is 1410. The predicted molar refractivity (Wildman–Crippen MR) is 113 cm³/mol. The fourth-order valence-corrected chi connectivity index (χ4v) is 3.66. The van der Waals surface area contributed by atoms with Gasteiger partial charge in [-0.05, 0) is 42.8 Å². The third-order valence-corrected chi connectivity index (χ3v) is 5.17. The molecule has 0 bridgehead atoms. The molecule has 5 rings (SSSR count). The molecule has 30 heavy (non-hydrogen) atoms. The topological polar surface area (TPSA) is 59.4 Å². The van der Waals surface area contributed by atoms with Crippen LogP contribution in [0.5, 0.6) is 0 Å². The number of halogens is 1. The van der Waals surface area contributed by atoms with Crippen LogP contribution >= 0.6 is 0 Å². The first-order valence-electron chi connectivity index (χ1n) is 9.43. The second-order valence-corrected chi connectivity index (χ2v) is 7.00. The SMILES string of the molecule is Cc1nn(-c2cccc(C#N)c2)c2c(F)c(-c3ccc(-n4ccnc4)cc3)ccc12. The summed E-state index contributed by atoms with van der Waals surface area (Å²) in [6.45, 7) is 1.85. The average molecular weight is 393 g/mol. The maximum atomic E-state index is 15.7. The molecule has 0 saturated carbocycles. The number of aryl methyl sites for hydroxylation is 1. The fraction of sp³-hybridized carbons (Fsp3) is 0.0417. The number of rotatable bonds is 3. The monoisotopic (exact) mass is 393 g/mol. The highest BCUT2D eigenvalue weighted by Crippen LogP contribution is 2.32. The Labute approximate surface area is 172 Å². The van der Waals surface area contributed by atoms with Gasteiger partial charge in [-0.1, -0.05) is 30.3 Å². The van der Waals surface area contributed by atoms with Crippen molar-refractivity contribution in [2.24, 2.45) is 0 Å². The lowest BCUT2D eigenvalue weighted by Crippen LogP contribution is -1.99. The molecule has 5 aromatic rings. The van der Waals surface area contributed by atoms with Gasteiger partial charge in [-0.3, -0.25) is 0 Å². The van der Waals surface area contributed by atoms with Gasteiger partial charge in [0.2, 0.25) is 0 Å². The lowest BCUT2D eigenvalue weighted by Gasteiger charge is -2.09. The molecule has 6 heteroatoms. The van der Waals surface area contributed by atoms with Gasteiger partial charge in [0, 0.05) is 29.0 Å². The van der Waals surface area contributed by atoms with E-state index in [0.717, 1.165) is 22.3 Å². The average Bonchev–Trinajstić information content (AvgIpc) is 3.43. The highest BCUT2D eigenvalue weighted by molar-refractivity contribution is 5.89. The van der Waals surface area contributed by atoms with Crippen molar-refractivity contribution in [2.45, 2.75) is 6.92 Å². The number of hydrogen-bond acceptors (Lipinski definition) is 3. The minimum Gasteiger partial charge on any atom is -0.306 e. The number of aromatic nitrogens is 4. The Morgan fingerprint density at radius 1 is 1.00 bits per heavy atom. The fourth-order valence-electron chi connectivity index (χ4n) is 3.66. The van der Waals surface area contributed by atoms with Crippen molar-refractivity contribution in [3.05, 3.63) is 96.5 Å². The van der Waals surface area contributed by atoms with Gasteiger partial charge in [-0.15, -0.1) is 0 Å². The van der Waals surface area contributed by atoms with E-state index in [1.807, 2.05) is 54.1 Å². The van der Waals surface area contributed by atoms with Crippen molar-refractivity contribution in [3.63, 3.8) is 0 Å². The molecule has 5 nitrogen and oxygen atoms in total. The summed E-state index contributed by atoms with van der Waals surface area (Å²) >= 11 is 0. The second kappa shape index (κ2) is 6.98. The summed E-state index contributed by atoms with van der Waals surface area (Å²) in [6, 6.07) is 20.5. The van der Waals surface area contributed by atoms with Gasteiger partial charge in [0.1, 0.15) is 5.52 Å². The third kappa shape index (κ3) is 2.85. The Balaban J connectivity index is 1.66. The van der Waals surface area contributed by atoms with E-state index in [2.05, 4.69) is 16.2 Å². The van der Waals surface area contributed by atoms with Crippen LogP contribution in [0.25, 0.3) is 33.4 Å². The molecule has 0 amide bonds. The normalized spacial score (nSPS) is 11.0. The summed E-state index contributed by atoms with van der Waals surface area (Å²) in [7, 11) is 0. The minimum absolute atomic E-state index is 0.342. The predicted octanol–water partition coefficient (Wildman–Crippen LogP) is 5.20. The van der Waals surface area contributed by atoms with Crippen LogP contribution in [-0.4, -0.2) is 19.3 Å². The van der Waals surface area contributed by atoms with Crippen molar-refractivity contribution < 1.29 is 4.39 Å². The smallest absolute Gasteiger partial charge is 0.157 e. The highest BCUT2D eigenvalue weighted by Gasteiger charge is 2.18. The Kier molecular flexibility index (Phi) is 4.15. The lowest BCUT2D eigenvalue weighted by atomic mass is 10.0. The first kappa shape index (κ1) is 17.8. The van der Waals surface area contributed by atoms with E-state index in [1.54, 1.807) is 41.5 Å². The van der Waals surface area contributed by atoms with E-state index in [0.29, 0.717) is 22.3 Å². The first-order valence-corrected chi connectivity index (χ1v) is 9.43. The molecule has 0 radical (unpaired) electrons. The zero-order chi connectivity index (χ0) is 20.7. The van der Waals surface area contributed by atoms with Crippen LogP contribution in [0.3, 0.4) is 0 Å². The van der Waals surface area contributed by atoms with Crippen molar-refractivity contribution in [2.75, 3.05) is 0 Å². The molecule has 2 heterocycles. The molecular weight excluding hydrogens is 377 g/mol. The number of nitrogens with zero attached hydrogens (tertiary/aromatic N) is 5. The molecule has 3 aromatic carbocycles. The van der Waals surface area contributed by atoms with E-state index in [9.17, 15) is 5.26 Å². The van der Waals surface area contributed by atoms with Crippen molar-refractivity contribution in [1.29, 1.82) is 5.26 Å². The molecule has 144 valence electrons. The molecular formula is C24H16FN5. The van der Waals surface area contributed by atoms with Crippen LogP contribution in [0.4, 0.5) is 4.39 Å².